The van der Waals surface area contributed by atoms with E-state index in [0.717, 1.165) is 122 Å². The molecule has 6 aromatic rings. The second-order valence-corrected chi connectivity index (χ2v) is 22.4. The van der Waals surface area contributed by atoms with Crippen LogP contribution in [0.15, 0.2) is 54.9 Å². The van der Waals surface area contributed by atoms with Gasteiger partial charge in [0.05, 0.1) is 54.6 Å². The van der Waals surface area contributed by atoms with E-state index in [2.05, 4.69) is 72.1 Å². The number of thiazole rings is 1. The number of fused-ring (bicyclic) bond motifs is 1. The zero-order valence-electron chi connectivity index (χ0n) is 42.0. The van der Waals surface area contributed by atoms with Gasteiger partial charge in [0.15, 0.2) is 22.5 Å². The summed E-state index contributed by atoms with van der Waals surface area (Å²) in [5, 5.41) is 37.8. The van der Waals surface area contributed by atoms with Crippen molar-refractivity contribution in [2.24, 2.45) is 16.2 Å². The average Bonchev–Trinajstić information content (AvgIpc) is 4.03. The number of unbranched alkanes of at least 4 members (excludes halogenated alkanes) is 2. The van der Waals surface area contributed by atoms with Crippen molar-refractivity contribution in [3.63, 3.8) is 0 Å². The van der Waals surface area contributed by atoms with E-state index in [4.69, 9.17) is 34.4 Å². The van der Waals surface area contributed by atoms with Crippen molar-refractivity contribution in [2.45, 2.75) is 124 Å². The Balaban J connectivity index is 0.932. The van der Waals surface area contributed by atoms with Gasteiger partial charge in [-0.25, -0.2) is 14.8 Å². The van der Waals surface area contributed by atoms with E-state index < -0.39 is 5.97 Å². The molecule has 0 aliphatic heterocycles. The number of nitrogens with one attached hydrogen (secondary N) is 1. The summed E-state index contributed by atoms with van der Waals surface area (Å²) in [6.45, 7) is 16.9. The molecule has 18 heteroatoms. The number of para-hydroxylation sites is 1. The lowest BCUT2D eigenvalue weighted by Gasteiger charge is -2.69. The van der Waals surface area contributed by atoms with E-state index in [1.807, 2.05) is 71.4 Å². The Morgan fingerprint density at radius 2 is 1.66 bits per heavy atom. The first-order valence-electron chi connectivity index (χ1n) is 25.0. The van der Waals surface area contributed by atoms with E-state index in [1.54, 1.807) is 11.3 Å². The van der Waals surface area contributed by atoms with Gasteiger partial charge >= 0.3 is 5.97 Å². The summed E-state index contributed by atoms with van der Waals surface area (Å²) in [6.07, 6.45) is 14.0. The third-order valence-electron chi connectivity index (χ3n) is 14.4. The molecule has 5 heterocycles. The molecule has 374 valence electrons. The molecule has 4 bridgehead atoms. The molecule has 0 amide bonds. The average molecular weight is 975 g/mol. The molecule has 17 nitrogen and oxygen atoms in total. The van der Waals surface area contributed by atoms with Crippen molar-refractivity contribution in [3.8, 4) is 11.1 Å². The number of carboxylic acid groups (broad SMARTS) is 1. The molecule has 5 aromatic heterocycles. The Morgan fingerprint density at radius 1 is 0.857 bits per heavy atom. The summed E-state index contributed by atoms with van der Waals surface area (Å²) in [5.74, 6) is 0.525. The maximum Gasteiger partial charge on any atom is 0.355 e. The molecule has 4 atom stereocenters. The predicted molar refractivity (Wildman–Crippen MR) is 272 cm³/mol. The van der Waals surface area contributed by atoms with Gasteiger partial charge in [0.2, 0.25) is 0 Å². The highest BCUT2D eigenvalue weighted by molar-refractivity contribution is 7.22. The van der Waals surface area contributed by atoms with Crippen LogP contribution in [-0.4, -0.2) is 120 Å². The molecular weight excluding hydrogens is 905 g/mol. The zero-order valence-corrected chi connectivity index (χ0v) is 42.9. The van der Waals surface area contributed by atoms with Crippen molar-refractivity contribution in [1.29, 1.82) is 0 Å². The number of pyridine rings is 1. The Hall–Kier alpha value is -5.40. The minimum atomic E-state index is -1.11. The lowest BCUT2D eigenvalue weighted by atomic mass is 9.39. The van der Waals surface area contributed by atoms with Crippen molar-refractivity contribution in [1.82, 2.24) is 49.8 Å². The number of aromatic nitrogens is 9. The van der Waals surface area contributed by atoms with Crippen LogP contribution in [0.2, 0.25) is 0 Å². The first kappa shape index (κ1) is 49.6. The topological polar surface area (TPSA) is 184 Å². The number of benzene rings is 1. The van der Waals surface area contributed by atoms with Gasteiger partial charge in [-0.05, 0) is 144 Å². The van der Waals surface area contributed by atoms with E-state index in [9.17, 15) is 9.90 Å². The number of nitrogens with zero attached hydrogens (tertiary/aromatic N) is 11. The van der Waals surface area contributed by atoms with Crippen molar-refractivity contribution < 1.29 is 24.1 Å². The van der Waals surface area contributed by atoms with E-state index in [1.165, 1.54) is 6.42 Å². The fourth-order valence-electron chi connectivity index (χ4n) is 12.6. The molecule has 0 spiro atoms. The van der Waals surface area contributed by atoms with Gasteiger partial charge in [-0.2, -0.15) is 5.10 Å². The maximum atomic E-state index is 13.2. The summed E-state index contributed by atoms with van der Waals surface area (Å²) >= 11 is 1.55. The van der Waals surface area contributed by atoms with E-state index in [0.29, 0.717) is 55.9 Å². The zero-order chi connectivity index (χ0) is 49.1. The highest BCUT2D eigenvalue weighted by atomic mass is 32.1. The van der Waals surface area contributed by atoms with Crippen LogP contribution in [0, 0.1) is 30.1 Å². The molecule has 1 aromatic carbocycles. The summed E-state index contributed by atoms with van der Waals surface area (Å²) in [5.41, 5.74) is 5.10. The molecule has 4 aliphatic carbocycles. The number of aromatic carboxylic acids is 1. The van der Waals surface area contributed by atoms with Crippen LogP contribution < -0.4 is 10.2 Å². The number of hydrogen-bond donors (Lipinski definition) is 2. The molecule has 4 saturated carbocycles. The van der Waals surface area contributed by atoms with Crippen molar-refractivity contribution >= 4 is 50.1 Å². The number of rotatable bonds is 25. The van der Waals surface area contributed by atoms with Crippen molar-refractivity contribution in [3.05, 3.63) is 77.5 Å². The predicted octanol–water partition coefficient (Wildman–Crippen LogP) is 9.64. The third-order valence-corrected chi connectivity index (χ3v) is 15.4. The number of likely N-dealkylation sites (N-methyl/N-ethyl adjacent to an activating group) is 1. The number of carbonyl (C=O) groups is 1. The van der Waals surface area contributed by atoms with Crippen LogP contribution in [0.4, 0.5) is 22.6 Å². The van der Waals surface area contributed by atoms with Gasteiger partial charge in [-0.15, -0.1) is 15.3 Å². The number of aryl methyl sites for hydroxylation is 2. The minimum Gasteiger partial charge on any atom is -0.476 e. The Labute approximate surface area is 415 Å². The largest absolute Gasteiger partial charge is 0.476 e. The van der Waals surface area contributed by atoms with Gasteiger partial charge < -0.3 is 34.4 Å². The summed E-state index contributed by atoms with van der Waals surface area (Å²) in [7, 11) is 4.20. The van der Waals surface area contributed by atoms with Crippen molar-refractivity contribution in [2.75, 3.05) is 63.8 Å². The highest BCUT2D eigenvalue weighted by Crippen LogP contribution is 2.72. The molecule has 70 heavy (non-hydrogen) atoms. The standard InChI is InChI=1S/C52H70N12O5S/c1-8-21-67-23-24-68-28-38-27-62(60-57-38)18-12-9-13-19-63(44-25-36(2)46(59-58-44)56-48-54-41-14-10-11-15-42(41)70-48)43-17-16-39(45(55-43)47(65)66)40-26-53-64(37(40)3)35-51-30-49(4)29-50(5,31-51)33-52(32-49,34-51)69-22-20-61(6)7/h10-11,14-17,25-27H,8-9,12-13,18-24,28-35H2,1-7H3,(H,65,66)(H,54,56,59)/t49-,50+,51?,52?. The van der Waals surface area contributed by atoms with Crippen LogP contribution in [-0.2, 0) is 33.9 Å². The SMILES string of the molecule is CCCOCCOCc1cn(CCCCCN(c2cc(C)c(Nc3nc4ccccc4s3)nn2)c2ccc(-c3cnn(CC45CC6(OCCN(C)C)C[C@](C)(C4)C[C@](C)(C5)C6)c3C)c(C(=O)O)n2)nn1. The third kappa shape index (κ3) is 11.2. The normalized spacial score (nSPS) is 22.7. The van der Waals surface area contributed by atoms with Gasteiger partial charge in [0.25, 0.3) is 0 Å². The monoisotopic (exact) mass is 975 g/mol. The summed E-state index contributed by atoms with van der Waals surface area (Å²) in [4.78, 5) is 27.0. The lowest BCUT2D eigenvalue weighted by Crippen LogP contribution is -2.64. The Bertz CT molecular complexity index is 2720. The maximum absolute atomic E-state index is 13.2. The van der Waals surface area contributed by atoms with Gasteiger partial charge in [0.1, 0.15) is 11.5 Å². The number of ether oxygens (including phenoxy) is 3. The molecule has 4 aliphatic rings. The summed E-state index contributed by atoms with van der Waals surface area (Å²) < 4.78 is 23.2. The Kier molecular flexibility index (Phi) is 14.7. The second kappa shape index (κ2) is 20.7. The molecule has 10 rings (SSSR count). The number of hydrogen-bond acceptors (Lipinski definition) is 15. The second-order valence-electron chi connectivity index (χ2n) is 21.4. The Morgan fingerprint density at radius 3 is 2.41 bits per heavy atom. The van der Waals surface area contributed by atoms with Crippen LogP contribution in [0.1, 0.15) is 112 Å². The highest BCUT2D eigenvalue weighted by Gasteiger charge is 2.66. The van der Waals surface area contributed by atoms with Gasteiger partial charge in [-0.3, -0.25) is 9.36 Å². The molecule has 2 unspecified atom stereocenters. The van der Waals surface area contributed by atoms with Crippen LogP contribution in [0.3, 0.4) is 0 Å². The minimum absolute atomic E-state index is 0.0357. The molecule has 0 radical (unpaired) electrons. The van der Waals surface area contributed by atoms with Gasteiger partial charge in [0, 0.05) is 49.6 Å². The smallest absolute Gasteiger partial charge is 0.355 e. The van der Waals surface area contributed by atoms with Crippen LogP contribution in [0.5, 0.6) is 0 Å². The van der Waals surface area contributed by atoms with E-state index in [-0.39, 0.29) is 27.5 Å². The first-order valence-corrected chi connectivity index (χ1v) is 25.8. The molecule has 0 saturated heterocycles. The fraction of sp³-hybridized carbons (Fsp3) is 0.577. The molecular formula is C52H70N12O5S. The van der Waals surface area contributed by atoms with E-state index >= 15 is 0 Å². The quantitative estimate of drug-likeness (QED) is 0.0517. The number of anilines is 4. The fourth-order valence-corrected chi connectivity index (χ4v) is 13.5. The summed E-state index contributed by atoms with van der Waals surface area (Å²) in [6, 6.07) is 13.7. The van der Waals surface area contributed by atoms with Crippen LogP contribution >= 0.6 is 11.3 Å². The number of carboxylic acids is 1. The van der Waals surface area contributed by atoms with Gasteiger partial charge in [-0.1, -0.05) is 49.5 Å². The van der Waals surface area contributed by atoms with Crippen LogP contribution in [0.25, 0.3) is 21.3 Å². The first-order chi connectivity index (χ1) is 33.6. The molecule has 4 fully saturated rings. The molecule has 2 N–H and O–H groups in total. The lowest BCUT2D eigenvalue weighted by molar-refractivity contribution is -0.248.